The molecule has 2 amide bonds. The van der Waals surface area contributed by atoms with Gasteiger partial charge in [0.15, 0.2) is 11.7 Å². The lowest BCUT2D eigenvalue weighted by Crippen LogP contribution is -2.32. The fourth-order valence-electron chi connectivity index (χ4n) is 2.28. The molecule has 7 nitrogen and oxygen atoms in total. The number of ether oxygens (including phenoxy) is 1. The predicted molar refractivity (Wildman–Crippen MR) is 106 cm³/mol. The third-order valence-corrected chi connectivity index (χ3v) is 4.44. The summed E-state index contributed by atoms with van der Waals surface area (Å²) in [6.07, 6.45) is 0. The van der Waals surface area contributed by atoms with Gasteiger partial charge in [0.05, 0.1) is 5.69 Å². The number of esters is 1. The van der Waals surface area contributed by atoms with E-state index in [1.165, 1.54) is 23.5 Å². The van der Waals surface area contributed by atoms with Gasteiger partial charge < -0.3 is 10.1 Å². The molecule has 0 aliphatic heterocycles. The number of carbonyl (C=O) groups excluding carboxylic acids is 3. The standard InChI is InChI=1S/C20H16FN3O4S/c21-15-8-6-13(7-9-15)16-12-29-20(23-16)24-17(25)11-28-18(26)10-22-19(27)14-4-2-1-3-5-14/h1-9,12H,10-11H2,(H,22,27)(H,23,24,25). The van der Waals surface area contributed by atoms with Crippen LogP contribution in [0.1, 0.15) is 10.4 Å². The van der Waals surface area contributed by atoms with E-state index in [1.54, 1.807) is 47.8 Å². The molecule has 1 aromatic heterocycles. The number of halogens is 1. The third kappa shape index (κ3) is 5.94. The fraction of sp³-hybridized carbons (Fsp3) is 0.100. The lowest BCUT2D eigenvalue weighted by atomic mass is 10.2. The molecule has 0 aliphatic carbocycles. The molecule has 0 radical (unpaired) electrons. The second-order valence-electron chi connectivity index (χ2n) is 5.80. The van der Waals surface area contributed by atoms with E-state index in [4.69, 9.17) is 4.74 Å². The van der Waals surface area contributed by atoms with E-state index in [9.17, 15) is 18.8 Å². The number of amides is 2. The Morgan fingerprint density at radius 3 is 2.48 bits per heavy atom. The molecular weight excluding hydrogens is 397 g/mol. The Balaban J connectivity index is 1.42. The zero-order chi connectivity index (χ0) is 20.6. The quantitative estimate of drug-likeness (QED) is 0.581. The van der Waals surface area contributed by atoms with Crippen molar-refractivity contribution in [2.24, 2.45) is 0 Å². The third-order valence-electron chi connectivity index (χ3n) is 3.68. The summed E-state index contributed by atoms with van der Waals surface area (Å²) in [4.78, 5) is 39.7. The first-order valence-corrected chi connectivity index (χ1v) is 9.39. The summed E-state index contributed by atoms with van der Waals surface area (Å²) < 4.78 is 17.8. The first-order chi connectivity index (χ1) is 14.0. The van der Waals surface area contributed by atoms with Crippen LogP contribution in [-0.4, -0.2) is 35.9 Å². The van der Waals surface area contributed by atoms with E-state index in [-0.39, 0.29) is 12.4 Å². The number of anilines is 1. The SMILES string of the molecule is O=C(COC(=O)CNC(=O)c1ccccc1)Nc1nc(-c2ccc(F)cc2)cs1. The van der Waals surface area contributed by atoms with Crippen molar-refractivity contribution in [3.63, 3.8) is 0 Å². The summed E-state index contributed by atoms with van der Waals surface area (Å²) in [5.41, 5.74) is 1.72. The Morgan fingerprint density at radius 2 is 1.76 bits per heavy atom. The molecule has 0 saturated heterocycles. The monoisotopic (exact) mass is 413 g/mol. The van der Waals surface area contributed by atoms with Crippen molar-refractivity contribution in [3.05, 3.63) is 71.4 Å². The minimum atomic E-state index is -0.740. The average Bonchev–Trinajstić information content (AvgIpc) is 3.20. The van der Waals surface area contributed by atoms with Gasteiger partial charge in [0.1, 0.15) is 12.4 Å². The highest BCUT2D eigenvalue weighted by Gasteiger charge is 2.12. The van der Waals surface area contributed by atoms with Crippen LogP contribution < -0.4 is 10.6 Å². The number of aromatic nitrogens is 1. The van der Waals surface area contributed by atoms with Gasteiger partial charge in [-0.25, -0.2) is 9.37 Å². The topological polar surface area (TPSA) is 97.4 Å². The van der Waals surface area contributed by atoms with Gasteiger partial charge >= 0.3 is 5.97 Å². The molecule has 0 saturated carbocycles. The number of benzene rings is 2. The molecule has 0 bridgehead atoms. The van der Waals surface area contributed by atoms with Gasteiger partial charge in [-0.15, -0.1) is 11.3 Å². The van der Waals surface area contributed by atoms with Crippen LogP contribution in [-0.2, 0) is 14.3 Å². The summed E-state index contributed by atoms with van der Waals surface area (Å²) in [6, 6.07) is 14.2. The molecule has 0 atom stereocenters. The summed E-state index contributed by atoms with van der Waals surface area (Å²) in [7, 11) is 0. The van der Waals surface area contributed by atoms with E-state index in [1.807, 2.05) is 0 Å². The number of hydrogen-bond donors (Lipinski definition) is 2. The van der Waals surface area contributed by atoms with E-state index >= 15 is 0 Å². The molecule has 3 rings (SSSR count). The largest absolute Gasteiger partial charge is 0.454 e. The lowest BCUT2D eigenvalue weighted by Gasteiger charge is -2.06. The zero-order valence-corrected chi connectivity index (χ0v) is 15.9. The number of nitrogens with zero attached hydrogens (tertiary/aromatic N) is 1. The maximum absolute atomic E-state index is 13.0. The van der Waals surface area contributed by atoms with E-state index in [0.717, 1.165) is 0 Å². The smallest absolute Gasteiger partial charge is 0.325 e. The molecule has 9 heteroatoms. The van der Waals surface area contributed by atoms with Gasteiger partial charge in [0, 0.05) is 16.5 Å². The Kier molecular flexibility index (Phi) is 6.64. The first-order valence-electron chi connectivity index (χ1n) is 8.51. The van der Waals surface area contributed by atoms with Gasteiger partial charge in [0.25, 0.3) is 11.8 Å². The number of hydrogen-bond acceptors (Lipinski definition) is 6. The Labute approximate surface area is 169 Å². The normalized spacial score (nSPS) is 10.2. The minimum absolute atomic E-state index is 0.322. The van der Waals surface area contributed by atoms with Crippen molar-refractivity contribution in [2.45, 2.75) is 0 Å². The summed E-state index contributed by atoms with van der Waals surface area (Å²) in [5.74, 6) is -2.06. The highest BCUT2D eigenvalue weighted by Crippen LogP contribution is 2.24. The van der Waals surface area contributed by atoms with Crippen molar-refractivity contribution < 1.29 is 23.5 Å². The van der Waals surface area contributed by atoms with Crippen molar-refractivity contribution in [2.75, 3.05) is 18.5 Å². The van der Waals surface area contributed by atoms with Crippen molar-refractivity contribution in [3.8, 4) is 11.3 Å². The van der Waals surface area contributed by atoms with Crippen molar-refractivity contribution >= 4 is 34.3 Å². The summed E-state index contributed by atoms with van der Waals surface area (Å²) in [5, 5.41) is 6.97. The summed E-state index contributed by atoms with van der Waals surface area (Å²) in [6.45, 7) is -0.863. The number of thiazole rings is 1. The molecule has 2 aromatic carbocycles. The van der Waals surface area contributed by atoms with Crippen LogP contribution in [0, 0.1) is 5.82 Å². The van der Waals surface area contributed by atoms with E-state index in [2.05, 4.69) is 15.6 Å². The maximum atomic E-state index is 13.0. The van der Waals surface area contributed by atoms with Crippen LogP contribution >= 0.6 is 11.3 Å². The molecule has 0 aliphatic rings. The second kappa shape index (κ2) is 9.56. The Hall–Kier alpha value is -3.59. The first kappa shape index (κ1) is 20.2. The fourth-order valence-corrected chi connectivity index (χ4v) is 3.02. The molecule has 29 heavy (non-hydrogen) atoms. The van der Waals surface area contributed by atoms with Crippen LogP contribution in [0.3, 0.4) is 0 Å². The number of carbonyl (C=O) groups is 3. The highest BCUT2D eigenvalue weighted by atomic mass is 32.1. The molecule has 148 valence electrons. The molecule has 2 N–H and O–H groups in total. The second-order valence-corrected chi connectivity index (χ2v) is 6.66. The molecule has 1 heterocycles. The van der Waals surface area contributed by atoms with Gasteiger partial charge in [-0.05, 0) is 36.4 Å². The van der Waals surface area contributed by atoms with Crippen LogP contribution in [0.15, 0.2) is 60.0 Å². The van der Waals surface area contributed by atoms with Gasteiger partial charge in [-0.3, -0.25) is 19.7 Å². The molecular formula is C20H16FN3O4S. The zero-order valence-electron chi connectivity index (χ0n) is 15.1. The molecule has 0 unspecified atom stereocenters. The van der Waals surface area contributed by atoms with E-state index < -0.39 is 24.4 Å². The van der Waals surface area contributed by atoms with Crippen LogP contribution in [0.4, 0.5) is 9.52 Å². The van der Waals surface area contributed by atoms with Gasteiger partial charge in [-0.2, -0.15) is 0 Å². The highest BCUT2D eigenvalue weighted by molar-refractivity contribution is 7.14. The Morgan fingerprint density at radius 1 is 1.03 bits per heavy atom. The number of rotatable bonds is 7. The summed E-state index contributed by atoms with van der Waals surface area (Å²) >= 11 is 1.19. The van der Waals surface area contributed by atoms with Crippen LogP contribution in [0.25, 0.3) is 11.3 Å². The van der Waals surface area contributed by atoms with E-state index in [0.29, 0.717) is 22.0 Å². The minimum Gasteiger partial charge on any atom is -0.454 e. The van der Waals surface area contributed by atoms with Gasteiger partial charge in [0.2, 0.25) is 0 Å². The van der Waals surface area contributed by atoms with Gasteiger partial charge in [-0.1, -0.05) is 18.2 Å². The van der Waals surface area contributed by atoms with Crippen LogP contribution in [0.2, 0.25) is 0 Å². The molecule has 0 spiro atoms. The predicted octanol–water partition coefficient (Wildman–Crippen LogP) is 2.86. The van der Waals surface area contributed by atoms with Crippen molar-refractivity contribution in [1.29, 1.82) is 0 Å². The van der Waals surface area contributed by atoms with Crippen LogP contribution in [0.5, 0.6) is 0 Å². The molecule has 0 fully saturated rings. The average molecular weight is 413 g/mol. The molecule has 3 aromatic rings. The maximum Gasteiger partial charge on any atom is 0.325 e. The lowest BCUT2D eigenvalue weighted by molar-refractivity contribution is -0.146. The Bertz CT molecular complexity index is 1010. The number of nitrogens with one attached hydrogen (secondary N) is 2. The van der Waals surface area contributed by atoms with Crippen molar-refractivity contribution in [1.82, 2.24) is 10.3 Å².